The number of amides is 2. The number of nitrogens with one attached hydrogen (secondary N) is 1. The third-order valence-electron chi connectivity index (χ3n) is 6.54. The first kappa shape index (κ1) is 29.2. The molecule has 1 aliphatic heterocycles. The Morgan fingerprint density at radius 3 is 2.43 bits per heavy atom. The summed E-state index contributed by atoms with van der Waals surface area (Å²) < 4.78 is 16.2. The van der Waals surface area contributed by atoms with Crippen LogP contribution in [0.15, 0.2) is 78.0 Å². The average Bonchev–Trinajstić information content (AvgIpc) is 3.44. The van der Waals surface area contributed by atoms with Gasteiger partial charge in [-0.05, 0) is 61.4 Å². The molecule has 1 N–H and O–H groups in total. The minimum atomic E-state index is -1.01. The van der Waals surface area contributed by atoms with Crippen molar-refractivity contribution in [3.05, 3.63) is 100 Å². The minimum Gasteiger partial charge on any atom is -0.497 e. The number of benzene rings is 3. The highest BCUT2D eigenvalue weighted by Gasteiger charge is 2.33. The number of carbonyl (C=O) groups excluding carboxylic acids is 2. The van der Waals surface area contributed by atoms with E-state index in [0.717, 1.165) is 11.4 Å². The molecule has 1 unspecified atom stereocenters. The third-order valence-corrected chi connectivity index (χ3v) is 7.74. The van der Waals surface area contributed by atoms with Crippen LogP contribution in [0.4, 0.5) is 5.69 Å². The highest BCUT2D eigenvalue weighted by molar-refractivity contribution is 7.99. The Kier molecular flexibility index (Phi) is 9.14. The third kappa shape index (κ3) is 6.95. The summed E-state index contributed by atoms with van der Waals surface area (Å²) in [6, 6.07) is 20.3. The zero-order chi connectivity index (χ0) is 29.6. The fraction of sp³-hybridized carbons (Fsp3) is 0.226. The van der Waals surface area contributed by atoms with E-state index in [9.17, 15) is 9.59 Å². The molecule has 3 aromatic carbocycles. The quantitative estimate of drug-likeness (QED) is 0.174. The summed E-state index contributed by atoms with van der Waals surface area (Å²) in [6.45, 7) is 3.97. The van der Waals surface area contributed by atoms with Crippen molar-refractivity contribution in [3.63, 3.8) is 0 Å². The predicted molar refractivity (Wildman–Crippen MR) is 161 cm³/mol. The van der Waals surface area contributed by atoms with Crippen LogP contribution in [0, 0.1) is 13.8 Å². The van der Waals surface area contributed by atoms with Gasteiger partial charge in [0.05, 0.1) is 12.9 Å². The van der Waals surface area contributed by atoms with Crippen LogP contribution >= 0.6 is 23.4 Å². The van der Waals surface area contributed by atoms with Crippen molar-refractivity contribution in [2.45, 2.75) is 31.6 Å². The van der Waals surface area contributed by atoms with Gasteiger partial charge >= 0.3 is 0 Å². The second-order valence-electron chi connectivity index (χ2n) is 9.57. The molecule has 0 fully saturated rings. The zero-order valence-corrected chi connectivity index (χ0v) is 24.9. The lowest BCUT2D eigenvalue weighted by Gasteiger charge is -2.32. The van der Waals surface area contributed by atoms with Crippen LogP contribution < -0.4 is 19.5 Å². The number of thioether (sulfide) groups is 1. The van der Waals surface area contributed by atoms with E-state index >= 15 is 0 Å². The Morgan fingerprint density at radius 2 is 1.71 bits per heavy atom. The maximum Gasteiger partial charge on any atom is 0.251 e. The van der Waals surface area contributed by atoms with Crippen molar-refractivity contribution in [2.75, 3.05) is 25.0 Å². The summed E-state index contributed by atoms with van der Waals surface area (Å²) >= 11 is 7.75. The second kappa shape index (κ2) is 13.1. The summed E-state index contributed by atoms with van der Waals surface area (Å²) in [6.07, 6.45) is 0. The highest BCUT2D eigenvalue weighted by Crippen LogP contribution is 2.35. The van der Waals surface area contributed by atoms with E-state index in [1.54, 1.807) is 55.6 Å². The van der Waals surface area contributed by atoms with Crippen LogP contribution in [0.1, 0.15) is 28.6 Å². The number of anilines is 1. The van der Waals surface area contributed by atoms with E-state index in [0.29, 0.717) is 44.2 Å². The molecule has 0 bridgehead atoms. The molecule has 0 saturated heterocycles. The van der Waals surface area contributed by atoms with Gasteiger partial charge in [0.25, 0.3) is 5.91 Å². The van der Waals surface area contributed by atoms with Crippen LogP contribution in [0.5, 0.6) is 17.2 Å². The summed E-state index contributed by atoms with van der Waals surface area (Å²) in [4.78, 5) is 38.5. The monoisotopic (exact) mass is 604 g/mol. The molecule has 1 atom stereocenters. The van der Waals surface area contributed by atoms with Gasteiger partial charge in [-0.1, -0.05) is 53.7 Å². The van der Waals surface area contributed by atoms with E-state index in [2.05, 4.69) is 15.3 Å². The molecule has 0 aliphatic carbocycles. The number of hydrogen-bond acceptors (Lipinski definition) is 8. The first-order valence-electron chi connectivity index (χ1n) is 13.1. The van der Waals surface area contributed by atoms with Crippen LogP contribution in [0.2, 0.25) is 5.02 Å². The molecular formula is C31H29ClN4O5S. The molecular weight excluding hydrogens is 576 g/mol. The molecule has 2 amide bonds. The lowest BCUT2D eigenvalue weighted by molar-refractivity contribution is -0.137. The number of methoxy groups -OCH3 is 1. The average molecular weight is 605 g/mol. The predicted octanol–water partition coefficient (Wildman–Crippen LogP) is 5.99. The Labute approximate surface area is 253 Å². The molecule has 0 spiro atoms. The number of ether oxygens (including phenoxy) is 3. The van der Waals surface area contributed by atoms with Crippen LogP contribution in [-0.4, -0.2) is 46.3 Å². The largest absolute Gasteiger partial charge is 0.497 e. The summed E-state index contributed by atoms with van der Waals surface area (Å²) in [5.74, 6) is 1.07. The van der Waals surface area contributed by atoms with Gasteiger partial charge < -0.3 is 24.4 Å². The van der Waals surface area contributed by atoms with Crippen molar-refractivity contribution in [2.24, 2.45) is 0 Å². The molecule has 9 nitrogen and oxygen atoms in total. The number of fused-ring (bicyclic) bond motifs is 1. The maximum atomic E-state index is 14.1. The van der Waals surface area contributed by atoms with E-state index in [1.807, 2.05) is 38.1 Å². The van der Waals surface area contributed by atoms with Crippen LogP contribution in [-0.2, 0) is 16.1 Å². The number of aromatic nitrogens is 2. The molecule has 5 rings (SSSR count). The van der Waals surface area contributed by atoms with E-state index in [1.165, 1.54) is 16.7 Å². The van der Waals surface area contributed by atoms with Crippen molar-refractivity contribution >= 4 is 40.9 Å². The van der Waals surface area contributed by atoms with Gasteiger partial charge in [-0.3, -0.25) is 9.59 Å². The summed E-state index contributed by atoms with van der Waals surface area (Å²) in [7, 11) is 1.57. The Hall–Kier alpha value is -4.28. The number of nitrogens with zero attached hydrogens (tertiary/aromatic N) is 3. The smallest absolute Gasteiger partial charge is 0.251 e. The van der Waals surface area contributed by atoms with Crippen molar-refractivity contribution in [1.82, 2.24) is 14.9 Å². The lowest BCUT2D eigenvalue weighted by Crippen LogP contribution is -2.42. The molecule has 0 radical (unpaired) electrons. The highest BCUT2D eigenvalue weighted by atomic mass is 35.5. The minimum absolute atomic E-state index is 0.0112. The van der Waals surface area contributed by atoms with E-state index in [-0.39, 0.29) is 25.0 Å². The normalized spacial score (nSPS) is 12.5. The van der Waals surface area contributed by atoms with Gasteiger partial charge in [-0.15, -0.1) is 0 Å². The molecule has 11 heteroatoms. The lowest BCUT2D eigenvalue weighted by atomic mass is 10.0. The first-order valence-corrected chi connectivity index (χ1v) is 14.5. The Balaban J connectivity index is 1.50. The van der Waals surface area contributed by atoms with Crippen molar-refractivity contribution in [1.29, 1.82) is 0 Å². The van der Waals surface area contributed by atoms with Gasteiger partial charge in [0.2, 0.25) is 12.7 Å². The number of rotatable bonds is 10. The zero-order valence-electron chi connectivity index (χ0n) is 23.3. The van der Waals surface area contributed by atoms with Gasteiger partial charge in [-0.25, -0.2) is 9.97 Å². The topological polar surface area (TPSA) is 103 Å². The van der Waals surface area contributed by atoms with E-state index < -0.39 is 11.9 Å². The number of aryl methyl sites for hydroxylation is 2. The number of carbonyl (C=O) groups is 2. The molecule has 0 saturated carbocycles. The van der Waals surface area contributed by atoms with Gasteiger partial charge in [0.1, 0.15) is 11.8 Å². The Morgan fingerprint density at radius 1 is 1.00 bits per heavy atom. The molecule has 2 heterocycles. The van der Waals surface area contributed by atoms with Crippen LogP contribution in [0.3, 0.4) is 0 Å². The SMILES string of the molecule is COc1ccc(C(C(=O)Nc2ccc3c(c2)OCO3)N(Cc2ccccc2Cl)C(=O)CSc2nc(C)cc(C)n2)cc1. The number of hydrogen-bond donors (Lipinski definition) is 1. The maximum absolute atomic E-state index is 14.1. The van der Waals surface area contributed by atoms with Gasteiger partial charge in [0, 0.05) is 34.7 Å². The van der Waals surface area contributed by atoms with Crippen LogP contribution in [0.25, 0.3) is 0 Å². The Bertz CT molecular complexity index is 1580. The fourth-order valence-electron chi connectivity index (χ4n) is 4.54. The molecule has 216 valence electrons. The summed E-state index contributed by atoms with van der Waals surface area (Å²) in [5, 5.41) is 3.94. The fourth-order valence-corrected chi connectivity index (χ4v) is 5.58. The molecule has 1 aliphatic rings. The van der Waals surface area contributed by atoms with Gasteiger partial charge in [0.15, 0.2) is 16.7 Å². The second-order valence-corrected chi connectivity index (χ2v) is 10.9. The standard InChI is InChI=1S/C31H29ClN4O5S/c1-19-14-20(2)34-31(33-19)42-17-28(37)36(16-22-6-4-5-7-25(22)32)29(21-8-11-24(39-3)12-9-21)30(38)35-23-10-13-26-27(15-23)41-18-40-26/h4-15,29H,16-18H2,1-3H3,(H,35,38). The van der Waals surface area contributed by atoms with Crippen molar-refractivity contribution in [3.8, 4) is 17.2 Å². The number of halogens is 1. The van der Waals surface area contributed by atoms with Crippen molar-refractivity contribution < 1.29 is 23.8 Å². The van der Waals surface area contributed by atoms with E-state index in [4.69, 9.17) is 25.8 Å². The summed E-state index contributed by atoms with van der Waals surface area (Å²) in [5.41, 5.74) is 3.43. The molecule has 1 aromatic heterocycles. The first-order chi connectivity index (χ1) is 20.3. The molecule has 42 heavy (non-hydrogen) atoms. The van der Waals surface area contributed by atoms with Gasteiger partial charge in [-0.2, -0.15) is 0 Å². The molecule has 4 aromatic rings.